The number of aromatic nitrogens is 2. The van der Waals surface area contributed by atoms with E-state index >= 15 is 0 Å². The molecule has 1 saturated heterocycles. The Labute approximate surface area is 164 Å². The molecule has 0 bridgehead atoms. The van der Waals surface area contributed by atoms with Gasteiger partial charge in [0, 0.05) is 11.6 Å². The molecule has 27 heavy (non-hydrogen) atoms. The van der Waals surface area contributed by atoms with Crippen LogP contribution in [0.4, 0.5) is 0 Å². The highest BCUT2D eigenvalue weighted by Crippen LogP contribution is 2.30. The molecule has 0 amide bonds. The molecule has 1 atom stereocenters. The van der Waals surface area contributed by atoms with Crippen LogP contribution in [0.25, 0.3) is 11.0 Å². The van der Waals surface area contributed by atoms with E-state index in [1.54, 1.807) is 14.2 Å². The lowest BCUT2D eigenvalue weighted by atomic mass is 10.1. The normalized spacial score (nSPS) is 16.8. The zero-order valence-electron chi connectivity index (χ0n) is 15.7. The Morgan fingerprint density at radius 1 is 1.15 bits per heavy atom. The predicted octanol–water partition coefficient (Wildman–Crippen LogP) is 4.37. The fourth-order valence-electron chi connectivity index (χ4n) is 3.80. The molecule has 1 unspecified atom stereocenters. The van der Waals surface area contributed by atoms with Crippen molar-refractivity contribution in [3.05, 3.63) is 52.8 Å². The number of ether oxygens (including phenoxy) is 2. The first-order valence-corrected chi connectivity index (χ1v) is 9.67. The van der Waals surface area contributed by atoms with Crippen molar-refractivity contribution in [2.75, 3.05) is 20.8 Å². The minimum absolute atomic E-state index is 0.307. The SMILES string of the molecule is COc1ccc(CCn2c(C3CCCN3)nc3cc(Cl)ccc32)cc1OC. The molecule has 3 aromatic rings. The Balaban J connectivity index is 1.65. The van der Waals surface area contributed by atoms with Gasteiger partial charge in [-0.3, -0.25) is 0 Å². The summed E-state index contributed by atoms with van der Waals surface area (Å²) in [6, 6.07) is 12.3. The van der Waals surface area contributed by atoms with Crippen LogP contribution in [0, 0.1) is 0 Å². The second kappa shape index (κ2) is 7.79. The molecule has 4 rings (SSSR count). The fourth-order valence-corrected chi connectivity index (χ4v) is 3.97. The Hall–Kier alpha value is -2.24. The number of hydrogen-bond acceptors (Lipinski definition) is 4. The first-order valence-electron chi connectivity index (χ1n) is 9.29. The number of aryl methyl sites for hydroxylation is 2. The monoisotopic (exact) mass is 385 g/mol. The molecule has 0 radical (unpaired) electrons. The van der Waals surface area contributed by atoms with Crippen LogP contribution in [0.5, 0.6) is 11.5 Å². The molecule has 6 heteroatoms. The summed E-state index contributed by atoms with van der Waals surface area (Å²) in [4.78, 5) is 4.90. The van der Waals surface area contributed by atoms with Crippen molar-refractivity contribution >= 4 is 22.6 Å². The van der Waals surface area contributed by atoms with Crippen LogP contribution in [-0.4, -0.2) is 30.3 Å². The van der Waals surface area contributed by atoms with E-state index in [1.165, 1.54) is 12.0 Å². The summed E-state index contributed by atoms with van der Waals surface area (Å²) in [5.41, 5.74) is 3.29. The number of methoxy groups -OCH3 is 2. The van der Waals surface area contributed by atoms with E-state index in [1.807, 2.05) is 24.3 Å². The number of nitrogens with one attached hydrogen (secondary N) is 1. The highest BCUT2D eigenvalue weighted by molar-refractivity contribution is 6.31. The van der Waals surface area contributed by atoms with Crippen molar-refractivity contribution in [1.82, 2.24) is 14.9 Å². The summed E-state index contributed by atoms with van der Waals surface area (Å²) >= 11 is 6.18. The van der Waals surface area contributed by atoms with Gasteiger partial charge in [-0.25, -0.2) is 4.98 Å². The Bertz CT molecular complexity index is 948. The second-order valence-electron chi connectivity index (χ2n) is 6.84. The van der Waals surface area contributed by atoms with Gasteiger partial charge in [0.2, 0.25) is 0 Å². The maximum Gasteiger partial charge on any atom is 0.160 e. The first kappa shape index (κ1) is 18.1. The van der Waals surface area contributed by atoms with Gasteiger partial charge in [0.1, 0.15) is 5.82 Å². The summed E-state index contributed by atoms with van der Waals surface area (Å²) < 4.78 is 13.1. The quantitative estimate of drug-likeness (QED) is 0.684. The van der Waals surface area contributed by atoms with E-state index in [-0.39, 0.29) is 0 Å². The molecule has 2 aromatic carbocycles. The molecule has 2 heterocycles. The van der Waals surface area contributed by atoms with Gasteiger partial charge in [-0.05, 0) is 61.7 Å². The molecule has 0 aliphatic carbocycles. The number of nitrogens with zero attached hydrogens (tertiary/aromatic N) is 2. The lowest BCUT2D eigenvalue weighted by molar-refractivity contribution is 0.354. The molecule has 0 spiro atoms. The van der Waals surface area contributed by atoms with Crippen molar-refractivity contribution in [3.8, 4) is 11.5 Å². The standard InChI is InChI=1S/C21H24ClN3O2/c1-26-19-8-5-14(12-20(19)27-2)9-11-25-18-7-6-15(22)13-17(18)24-21(25)16-4-3-10-23-16/h5-8,12-13,16,23H,3-4,9-11H2,1-2H3. The number of fused-ring (bicyclic) bond motifs is 1. The Kier molecular flexibility index (Phi) is 5.23. The summed E-state index contributed by atoms with van der Waals surface area (Å²) in [6.45, 7) is 1.89. The number of benzene rings is 2. The zero-order chi connectivity index (χ0) is 18.8. The maximum atomic E-state index is 6.18. The summed E-state index contributed by atoms with van der Waals surface area (Å²) in [6.07, 6.45) is 3.19. The first-order chi connectivity index (χ1) is 13.2. The third kappa shape index (κ3) is 3.62. The van der Waals surface area contributed by atoms with Crippen molar-refractivity contribution in [2.24, 2.45) is 0 Å². The molecular weight excluding hydrogens is 362 g/mol. The number of hydrogen-bond donors (Lipinski definition) is 1. The maximum absolute atomic E-state index is 6.18. The van der Waals surface area contributed by atoms with Gasteiger partial charge in [-0.2, -0.15) is 0 Å². The highest BCUT2D eigenvalue weighted by atomic mass is 35.5. The van der Waals surface area contributed by atoms with Crippen LogP contribution in [0.2, 0.25) is 5.02 Å². The lowest BCUT2D eigenvalue weighted by Gasteiger charge is -2.15. The van der Waals surface area contributed by atoms with Crippen LogP contribution in [0.3, 0.4) is 0 Å². The lowest BCUT2D eigenvalue weighted by Crippen LogP contribution is -2.18. The molecule has 142 valence electrons. The van der Waals surface area contributed by atoms with Gasteiger partial charge in [0.15, 0.2) is 11.5 Å². The largest absolute Gasteiger partial charge is 0.493 e. The summed E-state index contributed by atoms with van der Waals surface area (Å²) in [5, 5.41) is 4.29. The van der Waals surface area contributed by atoms with Crippen LogP contribution in [0.1, 0.15) is 30.3 Å². The number of halogens is 1. The fraction of sp³-hybridized carbons (Fsp3) is 0.381. The number of rotatable bonds is 6. The van der Waals surface area contributed by atoms with E-state index in [4.69, 9.17) is 26.1 Å². The van der Waals surface area contributed by atoms with Gasteiger partial charge in [0.25, 0.3) is 0 Å². The number of imidazole rings is 1. The van der Waals surface area contributed by atoms with E-state index in [9.17, 15) is 0 Å². The molecular formula is C21H24ClN3O2. The van der Waals surface area contributed by atoms with E-state index < -0.39 is 0 Å². The molecule has 5 nitrogen and oxygen atoms in total. The Morgan fingerprint density at radius 3 is 2.74 bits per heavy atom. The van der Waals surface area contributed by atoms with Gasteiger partial charge in [0.05, 0.1) is 31.3 Å². The molecule has 1 aliphatic rings. The predicted molar refractivity (Wildman–Crippen MR) is 108 cm³/mol. The average molecular weight is 386 g/mol. The molecule has 1 aromatic heterocycles. The highest BCUT2D eigenvalue weighted by Gasteiger charge is 2.23. The average Bonchev–Trinajstić information content (AvgIpc) is 3.33. The third-order valence-electron chi connectivity index (χ3n) is 5.18. The molecule has 1 fully saturated rings. The smallest absolute Gasteiger partial charge is 0.160 e. The van der Waals surface area contributed by atoms with Crippen LogP contribution in [0.15, 0.2) is 36.4 Å². The van der Waals surface area contributed by atoms with Gasteiger partial charge < -0.3 is 19.4 Å². The van der Waals surface area contributed by atoms with Crippen LogP contribution >= 0.6 is 11.6 Å². The minimum Gasteiger partial charge on any atom is -0.493 e. The molecule has 1 aliphatic heterocycles. The van der Waals surface area contributed by atoms with Crippen LogP contribution in [-0.2, 0) is 13.0 Å². The van der Waals surface area contributed by atoms with Crippen molar-refractivity contribution in [3.63, 3.8) is 0 Å². The second-order valence-corrected chi connectivity index (χ2v) is 7.28. The van der Waals surface area contributed by atoms with Crippen LogP contribution < -0.4 is 14.8 Å². The van der Waals surface area contributed by atoms with E-state index in [2.05, 4.69) is 22.0 Å². The summed E-state index contributed by atoms with van der Waals surface area (Å²) in [7, 11) is 3.32. The van der Waals surface area contributed by atoms with Crippen molar-refractivity contribution < 1.29 is 9.47 Å². The van der Waals surface area contributed by atoms with Gasteiger partial charge in [-0.1, -0.05) is 17.7 Å². The topological polar surface area (TPSA) is 48.3 Å². The minimum atomic E-state index is 0.307. The molecule has 0 saturated carbocycles. The molecule has 1 N–H and O–H groups in total. The zero-order valence-corrected chi connectivity index (χ0v) is 16.4. The Morgan fingerprint density at radius 2 is 2.00 bits per heavy atom. The van der Waals surface area contributed by atoms with Crippen molar-refractivity contribution in [1.29, 1.82) is 0 Å². The van der Waals surface area contributed by atoms with Crippen molar-refractivity contribution in [2.45, 2.75) is 31.8 Å². The summed E-state index contributed by atoms with van der Waals surface area (Å²) in [5.74, 6) is 2.61. The van der Waals surface area contributed by atoms with E-state index in [0.717, 1.165) is 59.3 Å². The third-order valence-corrected chi connectivity index (χ3v) is 5.42. The van der Waals surface area contributed by atoms with Gasteiger partial charge >= 0.3 is 0 Å². The van der Waals surface area contributed by atoms with Gasteiger partial charge in [-0.15, -0.1) is 0 Å². The van der Waals surface area contributed by atoms with E-state index in [0.29, 0.717) is 6.04 Å².